The SMILES string of the molecule is COC(=O)c1ccc(NCc2cc(F)ccc2F)nc1C. The molecule has 0 saturated carbocycles. The first-order valence-corrected chi connectivity index (χ1v) is 6.25. The number of esters is 1. The maximum absolute atomic E-state index is 13.5. The summed E-state index contributed by atoms with van der Waals surface area (Å²) < 4.78 is 31.2. The predicted molar refractivity (Wildman–Crippen MR) is 74.0 cm³/mol. The normalized spacial score (nSPS) is 10.3. The van der Waals surface area contributed by atoms with Crippen molar-refractivity contribution in [1.29, 1.82) is 0 Å². The standard InChI is InChI=1S/C15H14F2N2O2/c1-9-12(15(20)21-2)4-6-14(19-9)18-8-10-7-11(16)3-5-13(10)17/h3-7H,8H2,1-2H3,(H,18,19). The van der Waals surface area contributed by atoms with Gasteiger partial charge in [-0.2, -0.15) is 0 Å². The first kappa shape index (κ1) is 14.9. The number of nitrogens with one attached hydrogen (secondary N) is 1. The van der Waals surface area contributed by atoms with Gasteiger partial charge in [-0.15, -0.1) is 0 Å². The van der Waals surface area contributed by atoms with Gasteiger partial charge in [-0.3, -0.25) is 0 Å². The highest BCUT2D eigenvalue weighted by Gasteiger charge is 2.11. The van der Waals surface area contributed by atoms with Crippen molar-refractivity contribution >= 4 is 11.8 Å². The average Bonchev–Trinajstić information content (AvgIpc) is 2.47. The third-order valence-corrected chi connectivity index (χ3v) is 2.96. The van der Waals surface area contributed by atoms with Crippen LogP contribution in [-0.2, 0) is 11.3 Å². The molecule has 0 aliphatic rings. The topological polar surface area (TPSA) is 51.2 Å². The minimum atomic E-state index is -0.502. The number of rotatable bonds is 4. The molecule has 1 N–H and O–H groups in total. The molecule has 0 atom stereocenters. The summed E-state index contributed by atoms with van der Waals surface area (Å²) in [6.07, 6.45) is 0. The van der Waals surface area contributed by atoms with Crippen LogP contribution >= 0.6 is 0 Å². The van der Waals surface area contributed by atoms with Crippen molar-refractivity contribution in [3.63, 3.8) is 0 Å². The summed E-state index contributed by atoms with van der Waals surface area (Å²) in [6.45, 7) is 1.76. The maximum Gasteiger partial charge on any atom is 0.339 e. The zero-order valence-electron chi connectivity index (χ0n) is 11.6. The molecule has 0 amide bonds. The lowest BCUT2D eigenvalue weighted by Gasteiger charge is -2.09. The third kappa shape index (κ3) is 3.53. The van der Waals surface area contributed by atoms with E-state index in [1.807, 2.05) is 0 Å². The van der Waals surface area contributed by atoms with E-state index in [1.54, 1.807) is 19.1 Å². The Kier molecular flexibility index (Phi) is 4.47. The lowest BCUT2D eigenvalue weighted by atomic mass is 10.2. The van der Waals surface area contributed by atoms with E-state index in [-0.39, 0.29) is 12.1 Å². The molecule has 21 heavy (non-hydrogen) atoms. The first-order valence-electron chi connectivity index (χ1n) is 6.25. The van der Waals surface area contributed by atoms with Gasteiger partial charge in [0.1, 0.15) is 17.5 Å². The van der Waals surface area contributed by atoms with Crippen LogP contribution in [-0.4, -0.2) is 18.1 Å². The second kappa shape index (κ2) is 6.30. The lowest BCUT2D eigenvalue weighted by molar-refractivity contribution is 0.0599. The van der Waals surface area contributed by atoms with Gasteiger partial charge in [0.2, 0.25) is 0 Å². The fraction of sp³-hybridized carbons (Fsp3) is 0.200. The first-order chi connectivity index (χ1) is 10.0. The molecule has 0 aliphatic carbocycles. The molecule has 1 heterocycles. The molecule has 1 aromatic carbocycles. The molecule has 0 aliphatic heterocycles. The monoisotopic (exact) mass is 292 g/mol. The van der Waals surface area contributed by atoms with Gasteiger partial charge < -0.3 is 10.1 Å². The van der Waals surface area contributed by atoms with Crippen molar-refractivity contribution in [3.05, 3.63) is 58.8 Å². The largest absolute Gasteiger partial charge is 0.465 e. The Morgan fingerprint density at radius 2 is 2.05 bits per heavy atom. The van der Waals surface area contributed by atoms with Crippen molar-refractivity contribution in [2.75, 3.05) is 12.4 Å². The highest BCUT2D eigenvalue weighted by Crippen LogP contribution is 2.14. The van der Waals surface area contributed by atoms with Gasteiger partial charge in [0.15, 0.2) is 0 Å². The van der Waals surface area contributed by atoms with Gasteiger partial charge >= 0.3 is 5.97 Å². The molecule has 110 valence electrons. The summed E-state index contributed by atoms with van der Waals surface area (Å²) >= 11 is 0. The zero-order valence-corrected chi connectivity index (χ0v) is 11.6. The number of aromatic nitrogens is 1. The number of anilines is 1. The minimum absolute atomic E-state index is 0.0909. The fourth-order valence-corrected chi connectivity index (χ4v) is 1.85. The molecule has 0 bridgehead atoms. The Morgan fingerprint density at radius 1 is 1.29 bits per heavy atom. The van der Waals surface area contributed by atoms with E-state index >= 15 is 0 Å². The molecular weight excluding hydrogens is 278 g/mol. The van der Waals surface area contributed by atoms with Crippen LogP contribution in [0.5, 0.6) is 0 Å². The molecule has 6 heteroatoms. The fourth-order valence-electron chi connectivity index (χ4n) is 1.85. The van der Waals surface area contributed by atoms with E-state index in [2.05, 4.69) is 15.0 Å². The molecule has 0 unspecified atom stereocenters. The number of hydrogen-bond donors (Lipinski definition) is 1. The summed E-state index contributed by atoms with van der Waals surface area (Å²) in [7, 11) is 1.29. The summed E-state index contributed by atoms with van der Waals surface area (Å²) in [5.41, 5.74) is 1.05. The number of hydrogen-bond acceptors (Lipinski definition) is 4. The Balaban J connectivity index is 2.12. The van der Waals surface area contributed by atoms with Gasteiger partial charge in [0.05, 0.1) is 18.4 Å². The smallest absolute Gasteiger partial charge is 0.339 e. The maximum atomic E-state index is 13.5. The van der Waals surface area contributed by atoms with E-state index in [0.29, 0.717) is 17.1 Å². The van der Waals surface area contributed by atoms with Gasteiger partial charge in [-0.05, 0) is 37.3 Å². The number of carbonyl (C=O) groups excluding carboxylic acids is 1. The molecule has 0 radical (unpaired) electrons. The van der Waals surface area contributed by atoms with E-state index in [1.165, 1.54) is 7.11 Å². The van der Waals surface area contributed by atoms with Crippen molar-refractivity contribution in [2.24, 2.45) is 0 Å². The number of benzene rings is 1. The predicted octanol–water partition coefficient (Wildman–Crippen LogP) is 3.07. The summed E-state index contributed by atoms with van der Waals surface area (Å²) in [4.78, 5) is 15.6. The van der Waals surface area contributed by atoms with Crippen molar-refractivity contribution in [2.45, 2.75) is 13.5 Å². The number of nitrogens with zero attached hydrogens (tertiary/aromatic N) is 1. The van der Waals surface area contributed by atoms with Crippen LogP contribution in [0.4, 0.5) is 14.6 Å². The Morgan fingerprint density at radius 3 is 2.71 bits per heavy atom. The number of pyridine rings is 1. The Labute approximate surface area is 120 Å². The van der Waals surface area contributed by atoms with Crippen LogP contribution in [0.2, 0.25) is 0 Å². The molecular formula is C15H14F2N2O2. The number of methoxy groups -OCH3 is 1. The number of ether oxygens (including phenoxy) is 1. The van der Waals surface area contributed by atoms with Gasteiger partial charge in [0.25, 0.3) is 0 Å². The van der Waals surface area contributed by atoms with Gasteiger partial charge in [-0.25, -0.2) is 18.6 Å². The minimum Gasteiger partial charge on any atom is -0.465 e. The van der Waals surface area contributed by atoms with Crippen LogP contribution in [0, 0.1) is 18.6 Å². The number of halogens is 2. The molecule has 1 aromatic heterocycles. The van der Waals surface area contributed by atoms with Crippen LogP contribution in [0.25, 0.3) is 0 Å². The summed E-state index contributed by atoms with van der Waals surface area (Å²) in [5.74, 6) is -1.00. The highest BCUT2D eigenvalue weighted by atomic mass is 19.1. The second-order valence-electron chi connectivity index (χ2n) is 4.41. The van der Waals surface area contributed by atoms with Crippen LogP contribution < -0.4 is 5.32 Å². The lowest BCUT2D eigenvalue weighted by Crippen LogP contribution is -2.08. The molecule has 0 saturated heterocycles. The summed E-state index contributed by atoms with van der Waals surface area (Å²) in [6, 6.07) is 6.41. The Hall–Kier alpha value is -2.50. The van der Waals surface area contributed by atoms with Crippen LogP contribution in [0.3, 0.4) is 0 Å². The Bertz CT molecular complexity index is 675. The van der Waals surface area contributed by atoms with Crippen molar-refractivity contribution < 1.29 is 18.3 Å². The molecule has 0 spiro atoms. The van der Waals surface area contributed by atoms with E-state index in [0.717, 1.165) is 18.2 Å². The zero-order chi connectivity index (χ0) is 15.4. The molecule has 0 fully saturated rings. The molecule has 2 aromatic rings. The van der Waals surface area contributed by atoms with Gasteiger partial charge in [-0.1, -0.05) is 0 Å². The van der Waals surface area contributed by atoms with Crippen LogP contribution in [0.15, 0.2) is 30.3 Å². The van der Waals surface area contributed by atoms with Crippen LogP contribution in [0.1, 0.15) is 21.6 Å². The highest BCUT2D eigenvalue weighted by molar-refractivity contribution is 5.90. The van der Waals surface area contributed by atoms with Crippen molar-refractivity contribution in [3.8, 4) is 0 Å². The number of carbonyl (C=O) groups is 1. The van der Waals surface area contributed by atoms with Gasteiger partial charge in [0, 0.05) is 12.1 Å². The average molecular weight is 292 g/mol. The summed E-state index contributed by atoms with van der Waals surface area (Å²) in [5, 5.41) is 2.88. The number of aryl methyl sites for hydroxylation is 1. The molecule has 2 rings (SSSR count). The quantitative estimate of drug-likeness (QED) is 0.880. The van der Waals surface area contributed by atoms with Crippen molar-refractivity contribution in [1.82, 2.24) is 4.98 Å². The van der Waals surface area contributed by atoms with E-state index in [4.69, 9.17) is 0 Å². The van der Waals surface area contributed by atoms with E-state index in [9.17, 15) is 13.6 Å². The second-order valence-corrected chi connectivity index (χ2v) is 4.41. The molecule has 4 nitrogen and oxygen atoms in total. The third-order valence-electron chi connectivity index (χ3n) is 2.96. The van der Waals surface area contributed by atoms with E-state index < -0.39 is 17.6 Å².